The highest BCUT2D eigenvalue weighted by atomic mass is 32.2. The van der Waals surface area contributed by atoms with E-state index in [0.29, 0.717) is 73.8 Å². The van der Waals surface area contributed by atoms with E-state index < -0.39 is 34.7 Å². The molecule has 350 valence electrons. The summed E-state index contributed by atoms with van der Waals surface area (Å²) in [7, 11) is 0. The highest BCUT2D eigenvalue weighted by Gasteiger charge is 2.35. The number of hydrogen-bond donors (Lipinski definition) is 4. The van der Waals surface area contributed by atoms with E-state index in [1.807, 2.05) is 13.8 Å². The van der Waals surface area contributed by atoms with Gasteiger partial charge < -0.3 is 37.9 Å². The number of esters is 6. The van der Waals surface area contributed by atoms with E-state index in [1.165, 1.54) is 0 Å². The van der Waals surface area contributed by atoms with Crippen LogP contribution in [-0.2, 0) is 66.7 Å². The van der Waals surface area contributed by atoms with Crippen molar-refractivity contribution < 1.29 is 66.7 Å². The van der Waals surface area contributed by atoms with Gasteiger partial charge in [-0.1, -0.05) is 26.7 Å². The lowest BCUT2D eigenvalue weighted by Crippen LogP contribution is -2.39. The van der Waals surface area contributed by atoms with Crippen LogP contribution in [0.5, 0.6) is 0 Å². The Morgan fingerprint density at radius 3 is 0.900 bits per heavy atom. The predicted molar refractivity (Wildman–Crippen MR) is 249 cm³/mol. The average molecular weight is 967 g/mol. The SMILES string of the molecule is CCC(COC(=O)CCS)(COC(=O)CCS)COC(=O)CCSCCOCCCCCCOCCSCCC(=O)OCC(CC)(COC(=O)CCS)COC(=O)CCS. The van der Waals surface area contributed by atoms with E-state index in [4.69, 9.17) is 37.9 Å². The molecule has 0 spiro atoms. The molecule has 0 saturated heterocycles. The summed E-state index contributed by atoms with van der Waals surface area (Å²) in [6.45, 7) is 6.04. The lowest BCUT2D eigenvalue weighted by Gasteiger charge is -2.31. The van der Waals surface area contributed by atoms with Crippen molar-refractivity contribution in [3.05, 3.63) is 0 Å². The number of unbranched alkanes of at least 4 members (excludes halogenated alkanes) is 3. The van der Waals surface area contributed by atoms with Crippen molar-refractivity contribution in [1.29, 1.82) is 0 Å². The van der Waals surface area contributed by atoms with E-state index in [0.717, 1.165) is 37.2 Å². The summed E-state index contributed by atoms with van der Waals surface area (Å²) < 4.78 is 44.0. The zero-order valence-corrected chi connectivity index (χ0v) is 40.7. The smallest absolute Gasteiger partial charge is 0.306 e. The van der Waals surface area contributed by atoms with Gasteiger partial charge >= 0.3 is 35.8 Å². The molecule has 0 radical (unpaired) electrons. The Balaban J connectivity index is 4.05. The molecule has 0 aliphatic carbocycles. The fourth-order valence-electron chi connectivity index (χ4n) is 4.78. The van der Waals surface area contributed by atoms with Gasteiger partial charge in [-0.2, -0.15) is 74.0 Å². The monoisotopic (exact) mass is 966 g/mol. The predicted octanol–water partition coefficient (Wildman–Crippen LogP) is 6.16. The maximum atomic E-state index is 12.5. The topological polar surface area (TPSA) is 176 Å². The van der Waals surface area contributed by atoms with Crippen LogP contribution in [-0.4, -0.2) is 148 Å². The fourth-order valence-corrected chi connectivity index (χ4v) is 7.01. The quantitative estimate of drug-likeness (QED) is 0.0237. The molecule has 0 heterocycles. The molecule has 60 heavy (non-hydrogen) atoms. The highest BCUT2D eigenvalue weighted by molar-refractivity contribution is 7.99. The fraction of sp³-hybridized carbons (Fsp3) is 0.850. The minimum Gasteiger partial charge on any atom is -0.465 e. The molecule has 0 fully saturated rings. The molecule has 0 saturated carbocycles. The van der Waals surface area contributed by atoms with Gasteiger partial charge in [0, 0.05) is 59.2 Å². The Bertz CT molecular complexity index is 1050. The van der Waals surface area contributed by atoms with Crippen LogP contribution < -0.4 is 0 Å². The molecule has 0 aliphatic rings. The number of carbonyl (C=O) groups excluding carboxylic acids is 6. The van der Waals surface area contributed by atoms with Gasteiger partial charge in [-0.15, -0.1) is 0 Å². The summed E-state index contributed by atoms with van der Waals surface area (Å²) in [6, 6.07) is 0. The maximum absolute atomic E-state index is 12.5. The second-order valence-electron chi connectivity index (χ2n) is 13.9. The van der Waals surface area contributed by atoms with Crippen molar-refractivity contribution in [3.8, 4) is 0 Å². The number of carbonyl (C=O) groups is 6. The Labute approximate surface area is 388 Å². The number of thiol groups is 4. The van der Waals surface area contributed by atoms with Gasteiger partial charge in [-0.25, -0.2) is 0 Å². The molecule has 0 aromatic carbocycles. The summed E-state index contributed by atoms with van der Waals surface area (Å²) in [5, 5.41) is 0. The zero-order valence-electron chi connectivity index (χ0n) is 35.5. The van der Waals surface area contributed by atoms with E-state index in [2.05, 4.69) is 50.5 Å². The van der Waals surface area contributed by atoms with Gasteiger partial charge in [0.05, 0.1) is 62.6 Å². The third kappa shape index (κ3) is 32.5. The first-order valence-corrected chi connectivity index (χ1v) is 25.5. The van der Waals surface area contributed by atoms with Crippen molar-refractivity contribution in [3.63, 3.8) is 0 Å². The molecular weight excluding hydrogens is 897 g/mol. The highest BCUT2D eigenvalue weighted by Crippen LogP contribution is 2.26. The Morgan fingerprint density at radius 1 is 0.383 bits per heavy atom. The maximum Gasteiger partial charge on any atom is 0.306 e. The molecule has 20 heteroatoms. The summed E-state index contributed by atoms with van der Waals surface area (Å²) in [5.41, 5.74) is -1.67. The van der Waals surface area contributed by atoms with Gasteiger partial charge in [-0.3, -0.25) is 28.8 Å². The number of ether oxygens (including phenoxy) is 8. The molecule has 14 nitrogen and oxygen atoms in total. The van der Waals surface area contributed by atoms with Crippen molar-refractivity contribution in [1.82, 2.24) is 0 Å². The van der Waals surface area contributed by atoms with E-state index in [9.17, 15) is 28.8 Å². The largest absolute Gasteiger partial charge is 0.465 e. The molecule has 0 atom stereocenters. The van der Waals surface area contributed by atoms with Gasteiger partial charge in [-0.05, 0) is 25.7 Å². The Morgan fingerprint density at radius 2 is 0.650 bits per heavy atom. The third-order valence-electron chi connectivity index (χ3n) is 8.97. The van der Waals surface area contributed by atoms with Crippen molar-refractivity contribution in [2.75, 3.05) is 112 Å². The number of rotatable bonds is 41. The molecule has 0 aromatic heterocycles. The zero-order chi connectivity index (χ0) is 44.7. The second-order valence-corrected chi connectivity index (χ2v) is 18.2. The summed E-state index contributed by atoms with van der Waals surface area (Å²) in [4.78, 5) is 72.7. The minimum absolute atomic E-state index is 0.0338. The molecule has 0 N–H and O–H groups in total. The van der Waals surface area contributed by atoms with Crippen LogP contribution in [0.15, 0.2) is 0 Å². The van der Waals surface area contributed by atoms with E-state index in [-0.39, 0.29) is 90.1 Å². The molecule has 0 unspecified atom stereocenters. The number of thioether (sulfide) groups is 2. The normalized spacial score (nSPS) is 11.5. The first kappa shape index (κ1) is 58.8. The second kappa shape index (κ2) is 39.4. The van der Waals surface area contributed by atoms with Crippen molar-refractivity contribution in [2.45, 2.75) is 90.9 Å². The molecule has 0 aromatic rings. The van der Waals surface area contributed by atoms with Gasteiger partial charge in [0.1, 0.15) is 39.6 Å². The summed E-state index contributed by atoms with van der Waals surface area (Å²) in [5.74, 6) is 1.68. The van der Waals surface area contributed by atoms with Crippen LogP contribution in [0.3, 0.4) is 0 Å². The summed E-state index contributed by atoms with van der Waals surface area (Å²) >= 11 is 19.4. The van der Waals surface area contributed by atoms with Gasteiger partial charge in [0.2, 0.25) is 0 Å². The summed E-state index contributed by atoms with van der Waals surface area (Å²) in [6.07, 6.45) is 5.98. The lowest BCUT2D eigenvalue weighted by atomic mass is 9.88. The molecule has 0 aliphatic heterocycles. The molecule has 0 bridgehead atoms. The van der Waals surface area contributed by atoms with Gasteiger partial charge in [0.15, 0.2) is 0 Å². The van der Waals surface area contributed by atoms with Crippen LogP contribution in [0.1, 0.15) is 90.9 Å². The first-order chi connectivity index (χ1) is 28.9. The lowest BCUT2D eigenvalue weighted by molar-refractivity contribution is -0.164. The standard InChI is InChI=1S/C40H70O14S6/c1-3-39(27-49-33(41)9-19-55,28-50-34(42)10-20-56)31-53-37(45)13-23-59-25-17-47-15-7-5-6-8-16-48-18-26-60-24-14-38(46)54-32-40(4-2,29-51-35(43)11-21-57)30-52-36(44)12-22-58/h55-58H,3-32H2,1-2H3. The van der Waals surface area contributed by atoms with Gasteiger partial charge in [0.25, 0.3) is 0 Å². The van der Waals surface area contributed by atoms with Crippen LogP contribution in [0.4, 0.5) is 0 Å². The average Bonchev–Trinajstić information content (AvgIpc) is 3.23. The first-order valence-electron chi connectivity index (χ1n) is 20.6. The Kier molecular flexibility index (Phi) is 38.7. The van der Waals surface area contributed by atoms with Crippen LogP contribution in [0.25, 0.3) is 0 Å². The Hall–Kier alpha value is -1.16. The molecule has 0 rings (SSSR count). The minimum atomic E-state index is -0.836. The van der Waals surface area contributed by atoms with E-state index >= 15 is 0 Å². The van der Waals surface area contributed by atoms with Crippen molar-refractivity contribution in [2.24, 2.45) is 10.8 Å². The molecular formula is C40H70O14S6. The van der Waals surface area contributed by atoms with E-state index in [1.54, 1.807) is 23.5 Å². The van der Waals surface area contributed by atoms with Crippen LogP contribution in [0.2, 0.25) is 0 Å². The molecule has 0 amide bonds. The third-order valence-corrected chi connectivity index (χ3v) is 11.8. The van der Waals surface area contributed by atoms with Crippen LogP contribution in [0, 0.1) is 10.8 Å². The van der Waals surface area contributed by atoms with Crippen LogP contribution >= 0.6 is 74.0 Å². The van der Waals surface area contributed by atoms with Crippen molar-refractivity contribution >= 4 is 110 Å². The number of hydrogen-bond acceptors (Lipinski definition) is 20.